The largest absolute Gasteiger partial charge is 0.360 e. The van der Waals surface area contributed by atoms with Gasteiger partial charge in [0.05, 0.1) is 24.7 Å². The van der Waals surface area contributed by atoms with Crippen LogP contribution in [-0.2, 0) is 4.79 Å². The number of rotatable bonds is 3. The maximum atomic E-state index is 13.4. The van der Waals surface area contributed by atoms with Crippen LogP contribution in [0.5, 0.6) is 0 Å². The van der Waals surface area contributed by atoms with Crippen molar-refractivity contribution in [2.45, 2.75) is 18.4 Å². The molecule has 1 saturated heterocycles. The number of alkyl halides is 2. The fourth-order valence-corrected chi connectivity index (χ4v) is 3.14. The predicted octanol–water partition coefficient (Wildman–Crippen LogP) is 0.451. The summed E-state index contributed by atoms with van der Waals surface area (Å²) in [6.45, 7) is -1.25. The highest BCUT2D eigenvalue weighted by Crippen LogP contribution is 2.31. The third-order valence-corrected chi connectivity index (χ3v) is 4.45. The number of halogens is 2. The van der Waals surface area contributed by atoms with Crippen LogP contribution in [-0.4, -0.2) is 63.0 Å². The highest BCUT2D eigenvalue weighted by atomic mass is 27.0. The van der Waals surface area contributed by atoms with Crippen molar-refractivity contribution in [3.05, 3.63) is 30.0 Å². The Hall–Kier alpha value is -2.42. The zero-order valence-corrected chi connectivity index (χ0v) is 14.2. The Morgan fingerprint density at radius 3 is 2.96 bits per heavy atom. The Balaban J connectivity index is 1.69. The van der Waals surface area contributed by atoms with Crippen molar-refractivity contribution in [1.29, 1.82) is 5.26 Å². The van der Waals surface area contributed by atoms with Crippen LogP contribution in [0.2, 0.25) is 0 Å². The first-order valence-corrected chi connectivity index (χ1v) is 8.10. The number of benzene rings is 1. The average Bonchev–Trinajstić information content (AvgIpc) is 3.12. The Bertz CT molecular complexity index is 890. The van der Waals surface area contributed by atoms with E-state index in [0.717, 1.165) is 14.8 Å². The van der Waals surface area contributed by atoms with Gasteiger partial charge >= 0.3 is 0 Å². The summed E-state index contributed by atoms with van der Waals surface area (Å²) in [5.74, 6) is -4.27. The molecule has 1 aliphatic rings. The van der Waals surface area contributed by atoms with E-state index in [1.165, 1.54) is 6.20 Å². The molecule has 6 nitrogen and oxygen atoms in total. The maximum Gasteiger partial charge on any atom is 0.268 e. The van der Waals surface area contributed by atoms with Gasteiger partial charge in [-0.2, -0.15) is 5.26 Å². The Labute approximate surface area is 150 Å². The van der Waals surface area contributed by atoms with Crippen molar-refractivity contribution in [3.8, 4) is 6.07 Å². The van der Waals surface area contributed by atoms with Crippen molar-refractivity contribution < 1.29 is 18.4 Å². The molecule has 2 amide bonds. The number of likely N-dealkylation sites (tertiary alicyclic amines) is 1. The summed E-state index contributed by atoms with van der Waals surface area (Å²) in [4.78, 5) is 28.2. The molecular weight excluding hydrogens is 345 g/mol. The van der Waals surface area contributed by atoms with Crippen LogP contribution in [0.3, 0.4) is 0 Å². The summed E-state index contributed by atoms with van der Waals surface area (Å²) in [6.07, 6.45) is 0.846. The van der Waals surface area contributed by atoms with E-state index in [2.05, 4.69) is 26.6 Å². The topological polar surface area (TPSA) is 89.0 Å². The second kappa shape index (κ2) is 6.47. The van der Waals surface area contributed by atoms with Crippen LogP contribution in [0.4, 0.5) is 8.78 Å². The summed E-state index contributed by atoms with van der Waals surface area (Å²) in [5, 5.41) is 12.0. The van der Waals surface area contributed by atoms with E-state index in [0.29, 0.717) is 10.9 Å². The number of fused-ring (bicyclic) bond motifs is 1. The monoisotopic (exact) mass is 358 g/mol. The number of nitriles is 1. The minimum absolute atomic E-state index is 0.357. The lowest BCUT2D eigenvalue weighted by Gasteiger charge is -2.19. The first-order chi connectivity index (χ1) is 11.8. The van der Waals surface area contributed by atoms with E-state index in [9.17, 15) is 18.4 Å². The molecule has 0 saturated carbocycles. The smallest absolute Gasteiger partial charge is 0.268 e. The molecule has 1 aromatic heterocycles. The van der Waals surface area contributed by atoms with E-state index < -0.39 is 43.3 Å². The van der Waals surface area contributed by atoms with Gasteiger partial charge in [-0.3, -0.25) is 9.59 Å². The molecule has 2 heterocycles. The lowest BCUT2D eigenvalue weighted by molar-refractivity contribution is -0.131. The molecule has 3 rings (SSSR count). The lowest BCUT2D eigenvalue weighted by Crippen LogP contribution is -2.42. The molecule has 0 unspecified atom stereocenters. The number of nitrogens with zero attached hydrogens (tertiary/aromatic N) is 2. The molecule has 25 heavy (non-hydrogen) atoms. The number of amides is 2. The van der Waals surface area contributed by atoms with Crippen molar-refractivity contribution >= 4 is 43.4 Å². The molecule has 126 valence electrons. The van der Waals surface area contributed by atoms with E-state index in [1.807, 2.05) is 12.1 Å². The first-order valence-electron chi connectivity index (χ1n) is 7.52. The highest BCUT2D eigenvalue weighted by molar-refractivity contribution is 6.33. The van der Waals surface area contributed by atoms with Crippen LogP contribution < -0.4 is 9.74 Å². The Morgan fingerprint density at radius 1 is 1.48 bits per heavy atom. The molecule has 1 aromatic carbocycles. The number of hydrogen-bond donors (Lipinski definition) is 2. The number of carbonyl (C=O) groups is 2. The molecule has 0 aliphatic carbocycles. The number of carbonyl (C=O) groups excluding carboxylic acids is 2. The summed E-state index contributed by atoms with van der Waals surface area (Å²) < 4.78 is 27.7. The van der Waals surface area contributed by atoms with Crippen LogP contribution >= 0.6 is 0 Å². The molecule has 9 heteroatoms. The van der Waals surface area contributed by atoms with Gasteiger partial charge in [0.2, 0.25) is 5.91 Å². The highest BCUT2D eigenvalue weighted by Gasteiger charge is 2.47. The third-order valence-electron chi connectivity index (χ3n) is 4.09. The van der Waals surface area contributed by atoms with Gasteiger partial charge < -0.3 is 15.2 Å². The second-order valence-electron chi connectivity index (χ2n) is 5.92. The van der Waals surface area contributed by atoms with Gasteiger partial charge in [0, 0.05) is 23.5 Å². The molecule has 0 spiro atoms. The van der Waals surface area contributed by atoms with Crippen LogP contribution in [0, 0.1) is 11.3 Å². The average molecular weight is 358 g/mol. The molecule has 2 aromatic rings. The molecule has 1 aliphatic heterocycles. The summed E-state index contributed by atoms with van der Waals surface area (Å²) in [7, 11) is 0. The first kappa shape index (κ1) is 17.4. The molecule has 1 fully saturated rings. The van der Waals surface area contributed by atoms with Crippen LogP contribution in [0.15, 0.2) is 24.4 Å². The maximum absolute atomic E-state index is 13.4. The summed E-state index contributed by atoms with van der Waals surface area (Å²) >= 11 is 2.53. The van der Waals surface area contributed by atoms with E-state index in [-0.39, 0.29) is 0 Å². The van der Waals surface area contributed by atoms with Gasteiger partial charge in [0.15, 0.2) is 16.3 Å². The fraction of sp³-hybridized carbons (Fsp3) is 0.312. The quantitative estimate of drug-likeness (QED) is 0.781. The zero-order chi connectivity index (χ0) is 18.2. The van der Waals surface area contributed by atoms with E-state index >= 15 is 0 Å². The van der Waals surface area contributed by atoms with Gasteiger partial charge in [-0.25, -0.2) is 8.78 Å². The molecular formula is C16H13AlF2N4O2. The second-order valence-corrected chi connectivity index (χ2v) is 6.58. The zero-order valence-electron chi connectivity index (χ0n) is 13.1. The normalized spacial score (nSPS) is 18.9. The minimum atomic E-state index is -3.08. The van der Waals surface area contributed by atoms with Crippen molar-refractivity contribution in [2.75, 3.05) is 13.1 Å². The number of aromatic nitrogens is 1. The summed E-state index contributed by atoms with van der Waals surface area (Å²) in [5.41, 5.74) is 1.13. The SMILES string of the molecule is N#C[C@@H]1CC(F)(F)CN1C(=O)CNC(=O)c1c[nH]c2cc[c]([Al])cc12. The standard InChI is InChI=1S/C16H13F2N4O2.Al/c17-16(18)5-10(6-19)22(9-16)14(23)8-21-15(24)12-7-20-13-4-2-1-3-11(12)13;/h2-4,7,10,20H,5,8-9H2,(H,21,24);/t10-;/m0./s1. The van der Waals surface area contributed by atoms with Crippen molar-refractivity contribution in [2.24, 2.45) is 0 Å². The Kier molecular flexibility index (Phi) is 4.51. The molecule has 2 N–H and O–H groups in total. The molecule has 0 bridgehead atoms. The summed E-state index contributed by atoms with van der Waals surface area (Å²) in [6, 6.07) is 6.02. The van der Waals surface area contributed by atoms with Crippen LogP contribution in [0.1, 0.15) is 16.8 Å². The van der Waals surface area contributed by atoms with Gasteiger partial charge in [0.25, 0.3) is 11.8 Å². The molecule has 2 radical (unpaired) electrons. The van der Waals surface area contributed by atoms with Crippen molar-refractivity contribution in [1.82, 2.24) is 15.2 Å². The minimum Gasteiger partial charge on any atom is -0.360 e. The van der Waals surface area contributed by atoms with Gasteiger partial charge in [-0.05, 0) is 6.07 Å². The third kappa shape index (κ3) is 3.51. The van der Waals surface area contributed by atoms with Crippen LogP contribution in [0.25, 0.3) is 10.9 Å². The van der Waals surface area contributed by atoms with Crippen molar-refractivity contribution in [3.63, 3.8) is 0 Å². The lowest BCUT2D eigenvalue weighted by atomic mass is 10.1. The number of nitrogens with one attached hydrogen (secondary N) is 2. The van der Waals surface area contributed by atoms with Gasteiger partial charge in [-0.1, -0.05) is 12.1 Å². The Morgan fingerprint density at radius 2 is 2.24 bits per heavy atom. The number of H-pyrrole nitrogens is 1. The van der Waals surface area contributed by atoms with E-state index in [1.54, 1.807) is 12.1 Å². The number of hydrogen-bond acceptors (Lipinski definition) is 3. The van der Waals surface area contributed by atoms with Gasteiger partial charge in [-0.15, -0.1) is 4.43 Å². The fourth-order valence-electron chi connectivity index (χ4n) is 2.87. The number of aromatic amines is 1. The molecule has 1 atom stereocenters. The predicted molar refractivity (Wildman–Crippen MR) is 86.7 cm³/mol. The van der Waals surface area contributed by atoms with E-state index in [4.69, 9.17) is 5.26 Å². The van der Waals surface area contributed by atoms with Gasteiger partial charge in [0.1, 0.15) is 6.04 Å².